The number of nitrogens with zero attached hydrogens (tertiary/aromatic N) is 1. The molecule has 0 N–H and O–H groups in total. The quantitative estimate of drug-likeness (QED) is 0.0580. The third-order valence-corrected chi connectivity index (χ3v) is 8.51. The molecule has 0 aliphatic rings. The molecule has 0 amide bonds. The van der Waals surface area contributed by atoms with Gasteiger partial charge in [-0.3, -0.25) is 0 Å². The molecule has 0 aromatic rings. The van der Waals surface area contributed by atoms with E-state index in [1.54, 1.807) is 0 Å². The molecule has 1 nitrogen and oxygen atoms in total. The van der Waals surface area contributed by atoms with Crippen molar-refractivity contribution in [3.63, 3.8) is 0 Å². The van der Waals surface area contributed by atoms with Gasteiger partial charge in [0.2, 0.25) is 0 Å². The van der Waals surface area contributed by atoms with Crippen LogP contribution in [0, 0.1) is 0 Å². The lowest BCUT2D eigenvalue weighted by atomic mass is 10.0. The maximum atomic E-state index is 14.0. The van der Waals surface area contributed by atoms with Crippen LogP contribution in [0.25, 0.3) is 0 Å². The molecule has 0 fully saturated rings. The van der Waals surface area contributed by atoms with Crippen molar-refractivity contribution >= 4 is 0 Å². The Bertz CT molecular complexity index is 363. The fourth-order valence-corrected chi connectivity index (χ4v) is 5.77. The Morgan fingerprint density at radius 1 is 0.263 bits per heavy atom. The summed E-state index contributed by atoms with van der Waals surface area (Å²) in [6.07, 6.45) is 44.0. The summed E-state index contributed by atoms with van der Waals surface area (Å²) in [4.78, 5) is 0. The smallest absolute Gasteiger partial charge is 0.0290 e. The number of halogens is 1. The van der Waals surface area contributed by atoms with E-state index in [1.165, 1.54) is 193 Å². The summed E-state index contributed by atoms with van der Waals surface area (Å²) >= 11 is 0. The highest BCUT2D eigenvalue weighted by molar-refractivity contribution is 4.54. The molecule has 0 aliphatic carbocycles. The van der Waals surface area contributed by atoms with E-state index in [9.17, 15) is 4.48 Å². The molecular weight excluding hydrogens is 465 g/mol. The van der Waals surface area contributed by atoms with Crippen LogP contribution in [-0.2, 0) is 0 Å². The third-order valence-electron chi connectivity index (χ3n) is 8.51. The van der Waals surface area contributed by atoms with Crippen LogP contribution in [-0.4, -0.2) is 18.2 Å². The highest BCUT2D eigenvalue weighted by Gasteiger charge is 2.02. The minimum absolute atomic E-state index is 0.650. The summed E-state index contributed by atoms with van der Waals surface area (Å²) in [6, 6.07) is 0. The maximum absolute atomic E-state index is 14.0. The normalized spacial score (nSPS) is 11.7. The molecule has 230 valence electrons. The van der Waals surface area contributed by atoms with Crippen LogP contribution in [0.4, 0.5) is 4.48 Å². The van der Waals surface area contributed by atoms with Crippen LogP contribution in [0.3, 0.4) is 0 Å². The molecule has 0 radical (unpaired) electrons. The van der Waals surface area contributed by atoms with Gasteiger partial charge in [0.05, 0.1) is 0 Å². The molecule has 0 bridgehead atoms. The number of unbranched alkanes of at least 4 members (excludes halogenated alkanes) is 30. The fourth-order valence-electron chi connectivity index (χ4n) is 5.77. The topological polar surface area (TPSA) is 3.24 Å². The number of hydrogen-bond acceptors (Lipinski definition) is 1. The lowest BCUT2D eigenvalue weighted by Gasteiger charge is -2.11. The molecular formula is C36H74FN. The zero-order valence-electron chi connectivity index (χ0n) is 26.9. The van der Waals surface area contributed by atoms with Crippen molar-refractivity contribution in [3.8, 4) is 0 Å². The highest BCUT2D eigenvalue weighted by atomic mass is 19.2. The Hall–Kier alpha value is -0.110. The van der Waals surface area contributed by atoms with Crippen molar-refractivity contribution in [3.05, 3.63) is 0 Å². The van der Waals surface area contributed by atoms with Gasteiger partial charge >= 0.3 is 0 Å². The second kappa shape index (κ2) is 34.9. The number of hydrogen-bond donors (Lipinski definition) is 0. The first kappa shape index (κ1) is 37.9. The van der Waals surface area contributed by atoms with Crippen molar-refractivity contribution in [2.45, 2.75) is 219 Å². The molecule has 2 heteroatoms. The van der Waals surface area contributed by atoms with Crippen LogP contribution >= 0.6 is 0 Å². The molecule has 0 saturated carbocycles. The second-order valence-corrected chi connectivity index (χ2v) is 12.5. The Balaban J connectivity index is 3.13. The largest absolute Gasteiger partial charge is 0.146 e. The standard InChI is InChI=1S/C36H74FN/c1-3-5-7-9-11-13-15-17-19-21-23-25-27-29-31-33-35-38(37)36-34-32-30-28-26-24-22-20-18-16-14-12-10-8-6-4-2/h3-36H2,1-2H3. The van der Waals surface area contributed by atoms with Crippen molar-refractivity contribution in [1.82, 2.24) is 5.12 Å². The molecule has 38 heavy (non-hydrogen) atoms. The highest BCUT2D eigenvalue weighted by Crippen LogP contribution is 2.15. The second-order valence-electron chi connectivity index (χ2n) is 12.5. The molecule has 0 aliphatic heterocycles. The molecule has 0 rings (SSSR count). The van der Waals surface area contributed by atoms with Gasteiger partial charge in [0, 0.05) is 13.1 Å². The van der Waals surface area contributed by atoms with Gasteiger partial charge in [0.15, 0.2) is 0 Å². The van der Waals surface area contributed by atoms with Crippen LogP contribution in [0.1, 0.15) is 219 Å². The molecule has 0 saturated heterocycles. The van der Waals surface area contributed by atoms with E-state index in [0.29, 0.717) is 13.1 Å². The van der Waals surface area contributed by atoms with Crippen molar-refractivity contribution in [1.29, 1.82) is 0 Å². The van der Waals surface area contributed by atoms with Crippen LogP contribution in [0.2, 0.25) is 0 Å². The summed E-state index contributed by atoms with van der Waals surface area (Å²) in [6.45, 7) is 5.88. The molecule has 0 spiro atoms. The summed E-state index contributed by atoms with van der Waals surface area (Å²) < 4.78 is 14.0. The van der Waals surface area contributed by atoms with Crippen molar-refractivity contribution in [2.24, 2.45) is 0 Å². The molecule has 0 aromatic carbocycles. The van der Waals surface area contributed by atoms with Crippen molar-refractivity contribution in [2.75, 3.05) is 13.1 Å². The van der Waals surface area contributed by atoms with Crippen LogP contribution in [0.5, 0.6) is 0 Å². The average Bonchev–Trinajstić information content (AvgIpc) is 2.92. The summed E-state index contributed by atoms with van der Waals surface area (Å²) in [5, 5.41) is 1.09. The lowest BCUT2D eigenvalue weighted by Crippen LogP contribution is -2.16. The van der Waals surface area contributed by atoms with Gasteiger partial charge in [-0.1, -0.05) is 206 Å². The molecule has 0 unspecified atom stereocenters. The van der Waals surface area contributed by atoms with E-state index in [-0.39, 0.29) is 0 Å². The molecule has 0 aromatic heterocycles. The van der Waals surface area contributed by atoms with Crippen LogP contribution < -0.4 is 0 Å². The zero-order chi connectivity index (χ0) is 27.6. The van der Waals surface area contributed by atoms with Gasteiger partial charge in [0.1, 0.15) is 0 Å². The van der Waals surface area contributed by atoms with E-state index in [2.05, 4.69) is 13.8 Å². The van der Waals surface area contributed by atoms with Gasteiger partial charge < -0.3 is 0 Å². The van der Waals surface area contributed by atoms with E-state index < -0.39 is 0 Å². The van der Waals surface area contributed by atoms with Gasteiger partial charge in [-0.15, -0.1) is 9.60 Å². The lowest BCUT2D eigenvalue weighted by molar-refractivity contribution is 0.0217. The first-order chi connectivity index (χ1) is 18.8. The number of rotatable bonds is 34. The minimum atomic E-state index is 0.650. The van der Waals surface area contributed by atoms with Crippen LogP contribution in [0.15, 0.2) is 0 Å². The molecule has 0 atom stereocenters. The Morgan fingerprint density at radius 2 is 0.421 bits per heavy atom. The van der Waals surface area contributed by atoms with E-state index in [4.69, 9.17) is 0 Å². The fraction of sp³-hybridized carbons (Fsp3) is 1.00. The van der Waals surface area contributed by atoms with Crippen molar-refractivity contribution < 1.29 is 4.48 Å². The van der Waals surface area contributed by atoms with E-state index >= 15 is 0 Å². The summed E-state index contributed by atoms with van der Waals surface area (Å²) in [5.74, 6) is 0. The minimum Gasteiger partial charge on any atom is -0.146 e. The van der Waals surface area contributed by atoms with E-state index in [0.717, 1.165) is 18.0 Å². The Kier molecular flexibility index (Phi) is 34.8. The SMILES string of the molecule is CCCCCCCCCCCCCCCCCCN(F)CCCCCCCCCCCCCCCCCC. The van der Waals surface area contributed by atoms with Gasteiger partial charge in [-0.25, -0.2) is 0 Å². The monoisotopic (exact) mass is 540 g/mol. The average molecular weight is 540 g/mol. The first-order valence-electron chi connectivity index (χ1n) is 18.2. The first-order valence-corrected chi connectivity index (χ1v) is 18.2. The predicted molar refractivity (Wildman–Crippen MR) is 172 cm³/mol. The Morgan fingerprint density at radius 3 is 0.605 bits per heavy atom. The zero-order valence-corrected chi connectivity index (χ0v) is 26.9. The van der Waals surface area contributed by atoms with Gasteiger partial charge in [-0.05, 0) is 12.8 Å². The van der Waals surface area contributed by atoms with Gasteiger partial charge in [-0.2, -0.15) is 0 Å². The van der Waals surface area contributed by atoms with E-state index in [1.807, 2.05) is 0 Å². The summed E-state index contributed by atoms with van der Waals surface area (Å²) in [7, 11) is 0. The van der Waals surface area contributed by atoms with Gasteiger partial charge in [0.25, 0.3) is 0 Å². The summed E-state index contributed by atoms with van der Waals surface area (Å²) in [5.41, 5.74) is 0. The predicted octanol–water partition coefficient (Wildman–Crippen LogP) is 13.7. The molecule has 0 heterocycles. The Labute approximate surface area is 241 Å². The third kappa shape index (κ3) is 33.9. The maximum Gasteiger partial charge on any atom is 0.0290 e.